The summed E-state index contributed by atoms with van der Waals surface area (Å²) in [5.41, 5.74) is 0.623. The van der Waals surface area contributed by atoms with Gasteiger partial charge in [0.15, 0.2) is 0 Å². The van der Waals surface area contributed by atoms with Gasteiger partial charge in [-0.1, -0.05) is 36.7 Å². The molecule has 1 aromatic carbocycles. The fraction of sp³-hybridized carbons (Fsp3) is 0.333. The van der Waals surface area contributed by atoms with Crippen molar-refractivity contribution in [3.63, 3.8) is 0 Å². The number of carboxylic acid groups (broad SMARTS) is 1. The van der Waals surface area contributed by atoms with E-state index in [1.165, 1.54) is 0 Å². The topological polar surface area (TPSA) is 66.4 Å². The normalized spacial score (nSPS) is 11.9. The first kappa shape index (κ1) is 13.5. The molecule has 0 aliphatic rings. The second-order valence-corrected chi connectivity index (χ2v) is 4.00. The molecule has 0 aromatic heterocycles. The van der Waals surface area contributed by atoms with Crippen LogP contribution in [0.1, 0.15) is 31.4 Å². The zero-order valence-electron chi connectivity index (χ0n) is 9.44. The van der Waals surface area contributed by atoms with Gasteiger partial charge in [-0.25, -0.2) is 0 Å². The highest BCUT2D eigenvalue weighted by molar-refractivity contribution is 6.31. The van der Waals surface area contributed by atoms with Crippen LogP contribution in [0.5, 0.6) is 0 Å². The predicted octanol–water partition coefficient (Wildman–Crippen LogP) is 2.38. The van der Waals surface area contributed by atoms with E-state index in [0.29, 0.717) is 17.0 Å². The lowest BCUT2D eigenvalue weighted by Gasteiger charge is -2.18. The molecule has 1 unspecified atom stereocenters. The molecule has 1 atom stereocenters. The number of aliphatic carboxylic acids is 1. The summed E-state index contributed by atoms with van der Waals surface area (Å²) < 4.78 is 0. The second-order valence-electron chi connectivity index (χ2n) is 3.59. The predicted molar refractivity (Wildman–Crippen MR) is 64.9 cm³/mol. The van der Waals surface area contributed by atoms with E-state index >= 15 is 0 Å². The van der Waals surface area contributed by atoms with Gasteiger partial charge in [-0.3, -0.25) is 9.59 Å². The van der Waals surface area contributed by atoms with Crippen molar-refractivity contribution in [1.29, 1.82) is 0 Å². The molecule has 1 rings (SSSR count). The molecule has 17 heavy (non-hydrogen) atoms. The van der Waals surface area contributed by atoms with E-state index in [9.17, 15) is 9.59 Å². The first-order valence-electron chi connectivity index (χ1n) is 5.30. The van der Waals surface area contributed by atoms with Crippen LogP contribution < -0.4 is 5.32 Å². The molecular formula is C12H14ClNO3. The minimum absolute atomic E-state index is 0.185. The zero-order valence-corrected chi connectivity index (χ0v) is 10.2. The van der Waals surface area contributed by atoms with Crippen LogP contribution in [0.4, 0.5) is 0 Å². The number of benzene rings is 1. The van der Waals surface area contributed by atoms with Gasteiger partial charge in [0.25, 0.3) is 0 Å². The Balaban J connectivity index is 2.93. The van der Waals surface area contributed by atoms with E-state index in [0.717, 1.165) is 0 Å². The summed E-state index contributed by atoms with van der Waals surface area (Å²) in [6.45, 7) is 1.71. The molecule has 0 aliphatic heterocycles. The van der Waals surface area contributed by atoms with Gasteiger partial charge in [0, 0.05) is 11.4 Å². The van der Waals surface area contributed by atoms with Crippen molar-refractivity contribution < 1.29 is 14.7 Å². The number of hydrogen-bond donors (Lipinski definition) is 2. The third-order valence-corrected chi connectivity index (χ3v) is 2.66. The van der Waals surface area contributed by atoms with Crippen molar-refractivity contribution in [3.8, 4) is 0 Å². The maximum atomic E-state index is 11.3. The van der Waals surface area contributed by atoms with E-state index in [4.69, 9.17) is 16.7 Å². The van der Waals surface area contributed by atoms with Crippen LogP contribution in [0.3, 0.4) is 0 Å². The van der Waals surface area contributed by atoms with Crippen LogP contribution in [0.2, 0.25) is 5.02 Å². The number of nitrogens with one attached hydrogen (secondary N) is 1. The number of rotatable bonds is 5. The van der Waals surface area contributed by atoms with Crippen LogP contribution in [0.25, 0.3) is 0 Å². The van der Waals surface area contributed by atoms with Gasteiger partial charge in [0.2, 0.25) is 5.91 Å². The Kier molecular flexibility index (Phi) is 4.97. The summed E-state index contributed by atoms with van der Waals surface area (Å²) in [4.78, 5) is 22.1. The third-order valence-electron chi connectivity index (χ3n) is 2.32. The number of carbonyl (C=O) groups is 2. The van der Waals surface area contributed by atoms with Crippen molar-refractivity contribution in [2.45, 2.75) is 25.8 Å². The van der Waals surface area contributed by atoms with Gasteiger partial charge in [-0.15, -0.1) is 0 Å². The summed E-state index contributed by atoms with van der Waals surface area (Å²) in [6, 6.07) is 6.31. The van der Waals surface area contributed by atoms with Crippen molar-refractivity contribution in [2.75, 3.05) is 0 Å². The number of carboxylic acids is 1. The summed E-state index contributed by atoms with van der Waals surface area (Å²) in [7, 11) is 0. The Labute approximate surface area is 105 Å². The summed E-state index contributed by atoms with van der Waals surface area (Å²) in [5, 5.41) is 11.9. The molecule has 0 heterocycles. The van der Waals surface area contributed by atoms with Crippen molar-refractivity contribution in [3.05, 3.63) is 34.9 Å². The van der Waals surface area contributed by atoms with Gasteiger partial charge in [-0.05, 0) is 11.6 Å². The molecule has 0 bridgehead atoms. The van der Waals surface area contributed by atoms with Gasteiger partial charge >= 0.3 is 5.97 Å². The van der Waals surface area contributed by atoms with Crippen LogP contribution in [-0.4, -0.2) is 17.0 Å². The fourth-order valence-electron chi connectivity index (χ4n) is 1.47. The number of halogens is 1. The van der Waals surface area contributed by atoms with Gasteiger partial charge in [0.05, 0.1) is 12.5 Å². The van der Waals surface area contributed by atoms with E-state index < -0.39 is 12.0 Å². The number of carbonyl (C=O) groups excluding carboxylic acids is 1. The highest BCUT2D eigenvalue weighted by Crippen LogP contribution is 2.25. The maximum Gasteiger partial charge on any atom is 0.305 e. The molecule has 5 heteroatoms. The van der Waals surface area contributed by atoms with Crippen LogP contribution >= 0.6 is 11.6 Å². The molecule has 0 fully saturated rings. The Morgan fingerprint density at radius 1 is 1.41 bits per heavy atom. The Morgan fingerprint density at radius 3 is 2.59 bits per heavy atom. The molecule has 1 amide bonds. The third kappa shape index (κ3) is 4.07. The Bertz CT molecular complexity index is 420. The van der Waals surface area contributed by atoms with Gasteiger partial charge in [-0.2, -0.15) is 0 Å². The molecular weight excluding hydrogens is 242 g/mol. The van der Waals surface area contributed by atoms with E-state index in [-0.39, 0.29) is 12.3 Å². The average molecular weight is 256 g/mol. The molecule has 1 aromatic rings. The quantitative estimate of drug-likeness (QED) is 0.849. The molecule has 92 valence electrons. The van der Waals surface area contributed by atoms with Crippen molar-refractivity contribution in [1.82, 2.24) is 5.32 Å². The molecule has 0 spiro atoms. The van der Waals surface area contributed by atoms with Gasteiger partial charge in [0.1, 0.15) is 0 Å². The highest BCUT2D eigenvalue weighted by atomic mass is 35.5. The minimum atomic E-state index is -0.980. The first-order valence-corrected chi connectivity index (χ1v) is 5.68. The number of hydrogen-bond acceptors (Lipinski definition) is 2. The monoisotopic (exact) mass is 255 g/mol. The Morgan fingerprint density at radius 2 is 2.06 bits per heavy atom. The van der Waals surface area contributed by atoms with E-state index in [1.54, 1.807) is 31.2 Å². The average Bonchev–Trinajstić information content (AvgIpc) is 2.28. The van der Waals surface area contributed by atoms with Crippen LogP contribution in [0.15, 0.2) is 24.3 Å². The lowest BCUT2D eigenvalue weighted by atomic mass is 10.0. The fourth-order valence-corrected chi connectivity index (χ4v) is 1.73. The van der Waals surface area contributed by atoms with Crippen LogP contribution in [-0.2, 0) is 9.59 Å². The van der Waals surface area contributed by atoms with Crippen molar-refractivity contribution >= 4 is 23.5 Å². The maximum absolute atomic E-state index is 11.3. The van der Waals surface area contributed by atoms with Crippen molar-refractivity contribution in [2.24, 2.45) is 0 Å². The SMILES string of the molecule is CCC(=O)NC(CC(=O)O)c1ccccc1Cl. The molecule has 4 nitrogen and oxygen atoms in total. The minimum Gasteiger partial charge on any atom is -0.481 e. The summed E-state index contributed by atoms with van der Waals surface area (Å²) in [5.74, 6) is -1.18. The zero-order chi connectivity index (χ0) is 12.8. The van der Waals surface area contributed by atoms with E-state index in [1.807, 2.05) is 0 Å². The Hall–Kier alpha value is -1.55. The van der Waals surface area contributed by atoms with E-state index in [2.05, 4.69) is 5.32 Å². The smallest absolute Gasteiger partial charge is 0.305 e. The molecule has 0 saturated carbocycles. The lowest BCUT2D eigenvalue weighted by Crippen LogP contribution is -2.29. The first-order chi connectivity index (χ1) is 8.04. The second kappa shape index (κ2) is 6.25. The largest absolute Gasteiger partial charge is 0.481 e. The lowest BCUT2D eigenvalue weighted by molar-refractivity contribution is -0.137. The standard InChI is InChI=1S/C12H14ClNO3/c1-2-11(15)14-10(7-12(16)17)8-5-3-4-6-9(8)13/h3-6,10H,2,7H2,1H3,(H,14,15)(H,16,17). The van der Waals surface area contributed by atoms with Crippen LogP contribution in [0, 0.1) is 0 Å². The summed E-state index contributed by atoms with van der Waals surface area (Å²) in [6.07, 6.45) is 0.121. The number of amides is 1. The molecule has 0 radical (unpaired) electrons. The van der Waals surface area contributed by atoms with Gasteiger partial charge < -0.3 is 10.4 Å². The highest BCUT2D eigenvalue weighted by Gasteiger charge is 2.19. The molecule has 0 saturated heterocycles. The molecule has 2 N–H and O–H groups in total. The summed E-state index contributed by atoms with van der Waals surface area (Å²) >= 11 is 5.98. The molecule has 0 aliphatic carbocycles.